The molecular formula is C22H19ClFN5O2. The summed E-state index contributed by atoms with van der Waals surface area (Å²) in [5, 5.41) is 8.69. The quantitative estimate of drug-likeness (QED) is 0.466. The molecule has 3 heterocycles. The van der Waals surface area contributed by atoms with E-state index in [4.69, 9.17) is 16.0 Å². The standard InChI is InChI=1S/C22H19ClFN5O2/c1-13-5-6-14(21-27-17-8-7-15(23)11-19(17)31-21)12-28(13)22(30)20-16(24)3-2-4-18(20)29-25-9-10-26-29/h2-4,7-11,13-14H,5-6,12H2,1H3/t13-,14-/m1/s1. The summed E-state index contributed by atoms with van der Waals surface area (Å²) in [6.45, 7) is 2.34. The molecule has 2 atom stereocenters. The largest absolute Gasteiger partial charge is 0.440 e. The van der Waals surface area contributed by atoms with Crippen LogP contribution >= 0.6 is 11.6 Å². The summed E-state index contributed by atoms with van der Waals surface area (Å²) in [5.74, 6) is -0.541. The van der Waals surface area contributed by atoms with Crippen molar-refractivity contribution >= 4 is 28.6 Å². The number of hydrogen-bond donors (Lipinski definition) is 0. The minimum Gasteiger partial charge on any atom is -0.440 e. The molecule has 1 fully saturated rings. The molecule has 0 bridgehead atoms. The Labute approximate surface area is 182 Å². The highest BCUT2D eigenvalue weighted by Gasteiger charge is 2.35. The van der Waals surface area contributed by atoms with E-state index in [1.807, 2.05) is 13.0 Å². The Bertz CT molecular complexity index is 1260. The average Bonchev–Trinajstić information content (AvgIpc) is 3.43. The Morgan fingerprint density at radius 3 is 2.81 bits per heavy atom. The SMILES string of the molecule is C[C@@H]1CC[C@@H](c2nc3ccc(Cl)cc3o2)CN1C(=O)c1c(F)cccc1-n1nccn1. The fourth-order valence-corrected chi connectivity index (χ4v) is 4.22. The van der Waals surface area contributed by atoms with Crippen molar-refractivity contribution in [3.8, 4) is 5.69 Å². The van der Waals surface area contributed by atoms with E-state index in [1.165, 1.54) is 29.3 Å². The normalized spacial score (nSPS) is 19.1. The molecule has 0 unspecified atom stereocenters. The van der Waals surface area contributed by atoms with Gasteiger partial charge in [-0.25, -0.2) is 9.37 Å². The molecule has 1 aliphatic rings. The number of halogens is 2. The van der Waals surface area contributed by atoms with Gasteiger partial charge in [-0.3, -0.25) is 4.79 Å². The number of amides is 1. The number of aromatic nitrogens is 4. The zero-order valence-corrected chi connectivity index (χ0v) is 17.5. The summed E-state index contributed by atoms with van der Waals surface area (Å²) < 4.78 is 20.7. The lowest BCUT2D eigenvalue weighted by atomic mass is 9.92. The van der Waals surface area contributed by atoms with E-state index in [9.17, 15) is 9.18 Å². The van der Waals surface area contributed by atoms with Crippen molar-refractivity contribution in [3.05, 3.63) is 71.1 Å². The van der Waals surface area contributed by atoms with Gasteiger partial charge in [0, 0.05) is 23.7 Å². The fourth-order valence-electron chi connectivity index (χ4n) is 4.06. The molecule has 1 saturated heterocycles. The molecule has 0 spiro atoms. The van der Waals surface area contributed by atoms with Crippen LogP contribution in [0.4, 0.5) is 4.39 Å². The van der Waals surface area contributed by atoms with Gasteiger partial charge >= 0.3 is 0 Å². The van der Waals surface area contributed by atoms with E-state index in [0.29, 0.717) is 28.7 Å². The van der Waals surface area contributed by atoms with Crippen LogP contribution in [0.15, 0.2) is 53.2 Å². The van der Waals surface area contributed by atoms with Gasteiger partial charge in [-0.05, 0) is 44.0 Å². The summed E-state index contributed by atoms with van der Waals surface area (Å²) in [4.78, 5) is 21.0. The van der Waals surface area contributed by atoms with E-state index >= 15 is 0 Å². The first-order chi connectivity index (χ1) is 15.0. The number of oxazole rings is 1. The van der Waals surface area contributed by atoms with Gasteiger partial charge in [-0.2, -0.15) is 15.0 Å². The summed E-state index contributed by atoms with van der Waals surface area (Å²) >= 11 is 6.05. The third-order valence-corrected chi connectivity index (χ3v) is 5.93. The summed E-state index contributed by atoms with van der Waals surface area (Å²) in [7, 11) is 0. The summed E-state index contributed by atoms with van der Waals surface area (Å²) in [5.41, 5.74) is 1.59. The Kier molecular flexibility index (Phi) is 4.94. The second-order valence-corrected chi connectivity index (χ2v) is 8.13. The van der Waals surface area contributed by atoms with E-state index in [-0.39, 0.29) is 17.5 Å². The number of benzene rings is 2. The van der Waals surface area contributed by atoms with E-state index in [0.717, 1.165) is 18.4 Å². The van der Waals surface area contributed by atoms with Crippen LogP contribution in [0.2, 0.25) is 5.02 Å². The molecule has 1 aliphatic heterocycles. The van der Waals surface area contributed by atoms with Gasteiger partial charge in [0.05, 0.1) is 18.3 Å². The van der Waals surface area contributed by atoms with Gasteiger partial charge in [0.1, 0.15) is 22.6 Å². The molecule has 2 aromatic heterocycles. The number of fused-ring (bicyclic) bond motifs is 1. The predicted molar refractivity (Wildman–Crippen MR) is 113 cm³/mol. The molecule has 5 rings (SSSR count). The lowest BCUT2D eigenvalue weighted by Gasteiger charge is -2.37. The molecule has 31 heavy (non-hydrogen) atoms. The number of rotatable bonds is 3. The van der Waals surface area contributed by atoms with Crippen LogP contribution in [-0.2, 0) is 0 Å². The fraction of sp³-hybridized carbons (Fsp3) is 0.273. The molecule has 0 saturated carbocycles. The van der Waals surface area contributed by atoms with Gasteiger partial charge in [0.2, 0.25) is 0 Å². The third-order valence-electron chi connectivity index (χ3n) is 5.70. The number of likely N-dealkylation sites (tertiary alicyclic amines) is 1. The number of piperidine rings is 1. The van der Waals surface area contributed by atoms with E-state index < -0.39 is 11.7 Å². The van der Waals surface area contributed by atoms with Crippen LogP contribution in [0.1, 0.15) is 41.9 Å². The molecule has 0 N–H and O–H groups in total. The Balaban J connectivity index is 1.48. The molecular weight excluding hydrogens is 421 g/mol. The van der Waals surface area contributed by atoms with Crippen molar-refractivity contribution in [1.29, 1.82) is 0 Å². The Hall–Kier alpha value is -3.26. The monoisotopic (exact) mass is 439 g/mol. The maximum atomic E-state index is 14.8. The molecule has 158 valence electrons. The van der Waals surface area contributed by atoms with Crippen molar-refractivity contribution in [3.63, 3.8) is 0 Å². The molecule has 7 nitrogen and oxygen atoms in total. The number of carbonyl (C=O) groups excluding carboxylic acids is 1. The van der Waals surface area contributed by atoms with Gasteiger partial charge in [-0.15, -0.1) is 0 Å². The van der Waals surface area contributed by atoms with Crippen LogP contribution in [0, 0.1) is 5.82 Å². The first kappa shape index (κ1) is 19.7. The van der Waals surface area contributed by atoms with Crippen LogP contribution in [0.25, 0.3) is 16.8 Å². The van der Waals surface area contributed by atoms with Crippen LogP contribution in [0.5, 0.6) is 0 Å². The van der Waals surface area contributed by atoms with Crippen LogP contribution in [-0.4, -0.2) is 43.4 Å². The zero-order valence-electron chi connectivity index (χ0n) is 16.7. The highest BCUT2D eigenvalue weighted by molar-refractivity contribution is 6.31. The Morgan fingerprint density at radius 2 is 2.00 bits per heavy atom. The van der Waals surface area contributed by atoms with Crippen LogP contribution in [0.3, 0.4) is 0 Å². The molecule has 0 radical (unpaired) electrons. The summed E-state index contributed by atoms with van der Waals surface area (Å²) in [6, 6.07) is 9.69. The third kappa shape index (κ3) is 3.57. The maximum absolute atomic E-state index is 14.8. The van der Waals surface area contributed by atoms with Crippen LogP contribution < -0.4 is 0 Å². The van der Waals surface area contributed by atoms with Crippen molar-refractivity contribution < 1.29 is 13.6 Å². The Morgan fingerprint density at radius 1 is 1.19 bits per heavy atom. The van der Waals surface area contributed by atoms with Crippen molar-refractivity contribution in [1.82, 2.24) is 24.9 Å². The molecule has 2 aromatic carbocycles. The highest BCUT2D eigenvalue weighted by atomic mass is 35.5. The van der Waals surface area contributed by atoms with Crippen molar-refractivity contribution in [2.75, 3.05) is 6.54 Å². The zero-order chi connectivity index (χ0) is 21.5. The second-order valence-electron chi connectivity index (χ2n) is 7.70. The molecule has 0 aliphatic carbocycles. The smallest absolute Gasteiger partial charge is 0.259 e. The second kappa shape index (κ2) is 7.77. The maximum Gasteiger partial charge on any atom is 0.259 e. The predicted octanol–water partition coefficient (Wildman–Crippen LogP) is 4.61. The molecule has 1 amide bonds. The van der Waals surface area contributed by atoms with E-state index in [2.05, 4.69) is 15.2 Å². The van der Waals surface area contributed by atoms with Gasteiger partial charge in [-0.1, -0.05) is 17.7 Å². The molecule has 4 aromatic rings. The van der Waals surface area contributed by atoms with Crippen molar-refractivity contribution in [2.24, 2.45) is 0 Å². The van der Waals surface area contributed by atoms with Crippen molar-refractivity contribution in [2.45, 2.75) is 31.7 Å². The number of nitrogens with zero attached hydrogens (tertiary/aromatic N) is 5. The van der Waals surface area contributed by atoms with Gasteiger partial charge < -0.3 is 9.32 Å². The minimum absolute atomic E-state index is 0.0458. The number of carbonyl (C=O) groups is 1. The van der Waals surface area contributed by atoms with Gasteiger partial charge in [0.15, 0.2) is 11.5 Å². The number of hydrogen-bond acceptors (Lipinski definition) is 5. The minimum atomic E-state index is -0.606. The topological polar surface area (TPSA) is 77.0 Å². The lowest BCUT2D eigenvalue weighted by Crippen LogP contribution is -2.45. The lowest BCUT2D eigenvalue weighted by molar-refractivity contribution is 0.0593. The van der Waals surface area contributed by atoms with E-state index in [1.54, 1.807) is 23.1 Å². The average molecular weight is 440 g/mol. The highest BCUT2D eigenvalue weighted by Crippen LogP contribution is 2.33. The van der Waals surface area contributed by atoms with Gasteiger partial charge in [0.25, 0.3) is 5.91 Å². The first-order valence-electron chi connectivity index (χ1n) is 10.0. The summed E-state index contributed by atoms with van der Waals surface area (Å²) in [6.07, 6.45) is 4.53. The molecule has 9 heteroatoms. The first-order valence-corrected chi connectivity index (χ1v) is 10.4.